The normalized spacial score (nSPS) is 12.1. The van der Waals surface area contributed by atoms with Gasteiger partial charge in [0, 0.05) is 11.0 Å². The number of carbonyl (C=O) groups is 1. The zero-order chi connectivity index (χ0) is 14.5. The van der Waals surface area contributed by atoms with E-state index < -0.39 is 12.0 Å². The van der Waals surface area contributed by atoms with Crippen molar-refractivity contribution >= 4 is 21.9 Å². The predicted molar refractivity (Wildman–Crippen MR) is 82.5 cm³/mol. The van der Waals surface area contributed by atoms with E-state index in [4.69, 9.17) is 0 Å². The Bertz CT molecular complexity index is 596. The lowest BCUT2D eigenvalue weighted by molar-refractivity contribution is -0.139. The van der Waals surface area contributed by atoms with E-state index in [0.29, 0.717) is 6.54 Å². The average molecular weight is 334 g/mol. The molecule has 0 radical (unpaired) electrons. The van der Waals surface area contributed by atoms with Crippen LogP contribution in [0.15, 0.2) is 53.0 Å². The molecule has 0 heterocycles. The van der Waals surface area contributed by atoms with Crippen LogP contribution in [0, 0.1) is 6.92 Å². The monoisotopic (exact) mass is 333 g/mol. The maximum Gasteiger partial charge on any atom is 0.325 e. The zero-order valence-corrected chi connectivity index (χ0v) is 12.7. The van der Waals surface area contributed by atoms with Gasteiger partial charge >= 0.3 is 5.97 Å². The molecular formula is C16H16BrNO2. The van der Waals surface area contributed by atoms with Crippen molar-refractivity contribution in [3.63, 3.8) is 0 Å². The molecule has 2 aromatic carbocycles. The smallest absolute Gasteiger partial charge is 0.325 e. The van der Waals surface area contributed by atoms with E-state index in [1.54, 1.807) is 0 Å². The van der Waals surface area contributed by atoms with Crippen LogP contribution in [-0.2, 0) is 11.3 Å². The van der Waals surface area contributed by atoms with Gasteiger partial charge in [0.25, 0.3) is 0 Å². The van der Waals surface area contributed by atoms with Crippen molar-refractivity contribution in [1.82, 2.24) is 5.32 Å². The van der Waals surface area contributed by atoms with E-state index in [2.05, 4.69) is 21.2 Å². The van der Waals surface area contributed by atoms with E-state index in [-0.39, 0.29) is 0 Å². The molecule has 0 aliphatic heterocycles. The Kier molecular flexibility index (Phi) is 4.93. The van der Waals surface area contributed by atoms with Crippen molar-refractivity contribution in [2.24, 2.45) is 0 Å². The van der Waals surface area contributed by atoms with Gasteiger partial charge < -0.3 is 5.11 Å². The third-order valence-corrected chi connectivity index (χ3v) is 3.55. The second kappa shape index (κ2) is 6.68. The summed E-state index contributed by atoms with van der Waals surface area (Å²) in [6.07, 6.45) is 0. The summed E-state index contributed by atoms with van der Waals surface area (Å²) in [6.45, 7) is 2.48. The Hall–Kier alpha value is -1.65. The van der Waals surface area contributed by atoms with Crippen molar-refractivity contribution in [2.45, 2.75) is 19.5 Å². The highest BCUT2D eigenvalue weighted by Gasteiger charge is 2.18. The highest BCUT2D eigenvalue weighted by atomic mass is 79.9. The fourth-order valence-electron chi connectivity index (χ4n) is 1.97. The van der Waals surface area contributed by atoms with Crippen LogP contribution in [-0.4, -0.2) is 11.1 Å². The Morgan fingerprint density at radius 1 is 1.25 bits per heavy atom. The maximum atomic E-state index is 11.4. The number of benzene rings is 2. The fraction of sp³-hybridized carbons (Fsp3) is 0.188. The molecule has 0 aliphatic rings. The number of aliphatic carboxylic acids is 1. The van der Waals surface area contributed by atoms with Gasteiger partial charge in [-0.2, -0.15) is 0 Å². The zero-order valence-electron chi connectivity index (χ0n) is 11.1. The average Bonchev–Trinajstić information content (AvgIpc) is 2.41. The van der Waals surface area contributed by atoms with Crippen LogP contribution in [0.25, 0.3) is 0 Å². The lowest BCUT2D eigenvalue weighted by atomic mass is 10.0. The first-order valence-electron chi connectivity index (χ1n) is 6.33. The number of carboxylic acid groups (broad SMARTS) is 1. The fourth-order valence-corrected chi connectivity index (χ4v) is 2.42. The van der Waals surface area contributed by atoms with Gasteiger partial charge in [-0.25, -0.2) is 0 Å². The molecule has 1 atom stereocenters. The van der Waals surface area contributed by atoms with Gasteiger partial charge in [-0.1, -0.05) is 57.9 Å². The predicted octanol–water partition coefficient (Wildman–Crippen LogP) is 3.67. The third-order valence-electron chi connectivity index (χ3n) is 3.06. The van der Waals surface area contributed by atoms with Crippen LogP contribution in [0.3, 0.4) is 0 Å². The number of halogens is 1. The first-order chi connectivity index (χ1) is 9.56. The molecule has 0 fully saturated rings. The summed E-state index contributed by atoms with van der Waals surface area (Å²) >= 11 is 3.41. The Balaban J connectivity index is 2.10. The molecule has 2 rings (SSSR count). The van der Waals surface area contributed by atoms with Crippen LogP contribution in [0.4, 0.5) is 0 Å². The number of hydrogen-bond acceptors (Lipinski definition) is 2. The number of aryl methyl sites for hydroxylation is 1. The molecule has 0 aliphatic carbocycles. The van der Waals surface area contributed by atoms with Gasteiger partial charge in [0.2, 0.25) is 0 Å². The van der Waals surface area contributed by atoms with Crippen molar-refractivity contribution < 1.29 is 9.90 Å². The molecule has 0 unspecified atom stereocenters. The molecule has 104 valence electrons. The summed E-state index contributed by atoms with van der Waals surface area (Å²) in [7, 11) is 0. The van der Waals surface area contributed by atoms with Gasteiger partial charge in [-0.05, 0) is 30.2 Å². The number of hydrogen-bond donors (Lipinski definition) is 2. The summed E-state index contributed by atoms with van der Waals surface area (Å²) in [5, 5.41) is 12.4. The number of rotatable bonds is 5. The number of nitrogens with one attached hydrogen (secondary N) is 1. The van der Waals surface area contributed by atoms with Crippen molar-refractivity contribution in [3.05, 3.63) is 69.7 Å². The second-order valence-corrected chi connectivity index (χ2v) is 5.61. The molecule has 0 spiro atoms. The molecule has 4 heteroatoms. The van der Waals surface area contributed by atoms with Crippen LogP contribution in [0.1, 0.15) is 22.7 Å². The van der Waals surface area contributed by atoms with Crippen LogP contribution in [0.5, 0.6) is 0 Å². The molecule has 0 bridgehead atoms. The maximum absolute atomic E-state index is 11.4. The highest BCUT2D eigenvalue weighted by Crippen LogP contribution is 2.16. The SMILES string of the molecule is Cc1ccc([C@H](NCc2cccc(Br)c2)C(=O)O)cc1. The second-order valence-electron chi connectivity index (χ2n) is 4.69. The molecule has 0 saturated carbocycles. The first kappa shape index (κ1) is 14.8. The summed E-state index contributed by atoms with van der Waals surface area (Å²) in [5.41, 5.74) is 2.92. The summed E-state index contributed by atoms with van der Waals surface area (Å²) < 4.78 is 0.985. The van der Waals surface area contributed by atoms with Crippen molar-refractivity contribution in [3.8, 4) is 0 Å². The van der Waals surface area contributed by atoms with Crippen molar-refractivity contribution in [2.75, 3.05) is 0 Å². The first-order valence-corrected chi connectivity index (χ1v) is 7.13. The van der Waals surface area contributed by atoms with E-state index in [1.807, 2.05) is 55.5 Å². The van der Waals surface area contributed by atoms with Gasteiger partial charge in [0.1, 0.15) is 6.04 Å². The molecule has 0 saturated heterocycles. The molecule has 20 heavy (non-hydrogen) atoms. The summed E-state index contributed by atoms with van der Waals surface area (Å²) in [4.78, 5) is 11.4. The summed E-state index contributed by atoms with van der Waals surface area (Å²) in [5.74, 6) is -0.871. The Morgan fingerprint density at radius 3 is 2.55 bits per heavy atom. The van der Waals surface area contributed by atoms with E-state index in [1.165, 1.54) is 0 Å². The van der Waals surface area contributed by atoms with Crippen LogP contribution in [0.2, 0.25) is 0 Å². The van der Waals surface area contributed by atoms with Gasteiger partial charge in [0.05, 0.1) is 0 Å². The van der Waals surface area contributed by atoms with Gasteiger partial charge in [-0.3, -0.25) is 10.1 Å². The Morgan fingerprint density at radius 2 is 1.95 bits per heavy atom. The molecule has 2 aromatic rings. The topological polar surface area (TPSA) is 49.3 Å². The molecule has 3 nitrogen and oxygen atoms in total. The molecular weight excluding hydrogens is 318 g/mol. The van der Waals surface area contributed by atoms with Crippen molar-refractivity contribution in [1.29, 1.82) is 0 Å². The number of carboxylic acids is 1. The molecule has 0 amide bonds. The Labute approximate surface area is 126 Å². The minimum atomic E-state index is -0.871. The highest BCUT2D eigenvalue weighted by molar-refractivity contribution is 9.10. The molecule has 0 aromatic heterocycles. The minimum Gasteiger partial charge on any atom is -0.480 e. The van der Waals surface area contributed by atoms with Crippen LogP contribution < -0.4 is 5.32 Å². The quantitative estimate of drug-likeness (QED) is 0.877. The lowest BCUT2D eigenvalue weighted by Crippen LogP contribution is -2.28. The standard InChI is InChI=1S/C16H16BrNO2/c1-11-5-7-13(8-6-11)15(16(19)20)18-10-12-3-2-4-14(17)9-12/h2-9,15,18H,10H2,1H3,(H,19,20)/t15-/m0/s1. The largest absolute Gasteiger partial charge is 0.480 e. The third kappa shape index (κ3) is 3.92. The van der Waals surface area contributed by atoms with E-state index >= 15 is 0 Å². The van der Waals surface area contributed by atoms with E-state index in [9.17, 15) is 9.90 Å². The van der Waals surface area contributed by atoms with Gasteiger partial charge in [-0.15, -0.1) is 0 Å². The van der Waals surface area contributed by atoms with Gasteiger partial charge in [0.15, 0.2) is 0 Å². The lowest BCUT2D eigenvalue weighted by Gasteiger charge is -2.15. The summed E-state index contributed by atoms with van der Waals surface area (Å²) in [6, 6.07) is 14.7. The minimum absolute atomic E-state index is 0.504. The van der Waals surface area contributed by atoms with Crippen LogP contribution >= 0.6 is 15.9 Å². The van der Waals surface area contributed by atoms with E-state index in [0.717, 1.165) is 21.2 Å². The molecule has 2 N–H and O–H groups in total.